The second kappa shape index (κ2) is 6.30. The average Bonchev–Trinajstić information content (AvgIpc) is 3.36. The summed E-state index contributed by atoms with van der Waals surface area (Å²) in [5, 5.41) is 0. The molecule has 1 saturated carbocycles. The van der Waals surface area contributed by atoms with E-state index in [0.29, 0.717) is 19.8 Å². The first-order valence-corrected chi connectivity index (χ1v) is 9.81. The van der Waals surface area contributed by atoms with Crippen molar-refractivity contribution in [1.82, 2.24) is 0 Å². The maximum atomic E-state index is 6.12. The Morgan fingerprint density at radius 1 is 1.14 bits per heavy atom. The number of amidine groups is 1. The third-order valence-corrected chi connectivity index (χ3v) is 6.09. The Balaban J connectivity index is 1.61. The Labute approximate surface area is 164 Å². The molecule has 28 heavy (non-hydrogen) atoms. The molecule has 1 aromatic rings. The Hall–Kier alpha value is -2.95. The molecule has 5 heteroatoms. The van der Waals surface area contributed by atoms with Crippen LogP contribution in [-0.4, -0.2) is 25.8 Å². The van der Waals surface area contributed by atoms with Gasteiger partial charge < -0.3 is 19.9 Å². The van der Waals surface area contributed by atoms with Gasteiger partial charge >= 0.3 is 0 Å². The predicted octanol–water partition coefficient (Wildman–Crippen LogP) is 3.83. The maximum absolute atomic E-state index is 6.12. The molecule has 144 valence electrons. The molecule has 1 fully saturated rings. The van der Waals surface area contributed by atoms with Gasteiger partial charge in [-0.3, -0.25) is 0 Å². The molecule has 2 spiro atoms. The maximum Gasteiger partial charge on any atom is 0.283 e. The van der Waals surface area contributed by atoms with Crippen LogP contribution in [0.3, 0.4) is 0 Å². The lowest BCUT2D eigenvalue weighted by Gasteiger charge is -2.39. The van der Waals surface area contributed by atoms with Crippen molar-refractivity contribution in [1.29, 1.82) is 0 Å². The first-order valence-electron chi connectivity index (χ1n) is 9.81. The summed E-state index contributed by atoms with van der Waals surface area (Å²) in [5.41, 5.74) is 8.76. The number of hydrogen-bond acceptors (Lipinski definition) is 5. The second-order valence-electron chi connectivity index (χ2n) is 7.72. The second-order valence-corrected chi connectivity index (χ2v) is 7.72. The molecule has 0 radical (unpaired) electrons. The molecule has 0 saturated heterocycles. The van der Waals surface area contributed by atoms with Crippen molar-refractivity contribution in [2.45, 2.75) is 25.3 Å². The summed E-state index contributed by atoms with van der Waals surface area (Å²) < 4.78 is 17.5. The number of allylic oxidation sites excluding steroid dienone is 7. The number of nitrogens with zero attached hydrogens (tertiary/aromatic N) is 1. The lowest BCUT2D eigenvalue weighted by Crippen LogP contribution is -2.44. The van der Waals surface area contributed by atoms with Crippen molar-refractivity contribution in [2.75, 3.05) is 19.8 Å². The van der Waals surface area contributed by atoms with Crippen LogP contribution in [-0.2, 0) is 15.0 Å². The molecule has 2 aliphatic carbocycles. The van der Waals surface area contributed by atoms with Crippen LogP contribution >= 0.6 is 0 Å². The van der Waals surface area contributed by atoms with Crippen LogP contribution in [0.5, 0.6) is 5.75 Å². The molecule has 5 nitrogen and oxygen atoms in total. The normalized spacial score (nSPS) is 32.4. The molecular weight excluding hydrogens is 352 g/mol. The fourth-order valence-electron chi connectivity index (χ4n) is 4.39. The molecule has 4 aliphatic rings. The van der Waals surface area contributed by atoms with Crippen molar-refractivity contribution in [3.8, 4) is 5.75 Å². The number of hydrogen-bond donors (Lipinski definition) is 1. The topological polar surface area (TPSA) is 66.1 Å². The average molecular weight is 376 g/mol. The molecule has 0 bridgehead atoms. The third-order valence-electron chi connectivity index (χ3n) is 6.09. The van der Waals surface area contributed by atoms with Crippen LogP contribution in [0.4, 0.5) is 0 Å². The van der Waals surface area contributed by atoms with Crippen molar-refractivity contribution in [3.05, 3.63) is 71.5 Å². The monoisotopic (exact) mass is 376 g/mol. The number of rotatable bonds is 3. The smallest absolute Gasteiger partial charge is 0.283 e. The first kappa shape index (κ1) is 17.2. The number of fused-ring (bicyclic) bond motifs is 3. The minimum absolute atomic E-state index is 0.00399. The van der Waals surface area contributed by atoms with Gasteiger partial charge in [0.05, 0.1) is 13.2 Å². The zero-order valence-electron chi connectivity index (χ0n) is 16.0. The largest absolute Gasteiger partial charge is 0.494 e. The van der Waals surface area contributed by atoms with E-state index in [4.69, 9.17) is 24.9 Å². The number of benzene rings is 1. The van der Waals surface area contributed by atoms with Crippen molar-refractivity contribution >= 4 is 11.6 Å². The summed E-state index contributed by atoms with van der Waals surface area (Å²) in [6.07, 6.45) is 14.3. The Morgan fingerprint density at radius 2 is 2.04 bits per heavy atom. The van der Waals surface area contributed by atoms with E-state index in [2.05, 4.69) is 24.3 Å². The number of nitrogens with two attached hydrogens (primary N) is 1. The van der Waals surface area contributed by atoms with E-state index in [1.807, 2.05) is 37.3 Å². The highest BCUT2D eigenvalue weighted by atomic mass is 16.5. The third kappa shape index (κ3) is 2.57. The van der Waals surface area contributed by atoms with Crippen molar-refractivity contribution < 1.29 is 14.2 Å². The van der Waals surface area contributed by atoms with Gasteiger partial charge in [0, 0.05) is 11.0 Å². The Morgan fingerprint density at radius 3 is 2.79 bits per heavy atom. The molecule has 2 N–H and O–H groups in total. The van der Waals surface area contributed by atoms with Gasteiger partial charge in [-0.25, -0.2) is 4.99 Å². The fraction of sp³-hybridized carbons (Fsp3) is 0.348. The molecule has 1 aromatic carbocycles. The van der Waals surface area contributed by atoms with Gasteiger partial charge in [-0.05, 0) is 55.2 Å². The molecule has 1 unspecified atom stereocenters. The number of ether oxygens (including phenoxy) is 3. The van der Waals surface area contributed by atoms with E-state index in [1.54, 1.807) is 0 Å². The highest BCUT2D eigenvalue weighted by Crippen LogP contribution is 2.65. The van der Waals surface area contributed by atoms with E-state index in [1.165, 1.54) is 0 Å². The molecule has 1 atom stereocenters. The van der Waals surface area contributed by atoms with Crippen LogP contribution in [0.2, 0.25) is 0 Å². The minimum Gasteiger partial charge on any atom is -0.494 e. The number of aliphatic imine (C=N–C) groups is 1. The molecule has 2 heterocycles. The van der Waals surface area contributed by atoms with Crippen LogP contribution < -0.4 is 10.5 Å². The van der Waals surface area contributed by atoms with Crippen molar-refractivity contribution in [2.24, 2.45) is 16.1 Å². The van der Waals surface area contributed by atoms with E-state index in [0.717, 1.165) is 41.1 Å². The van der Waals surface area contributed by atoms with Crippen LogP contribution in [0, 0.1) is 5.41 Å². The zero-order valence-corrected chi connectivity index (χ0v) is 16.0. The fourth-order valence-corrected chi connectivity index (χ4v) is 4.39. The summed E-state index contributed by atoms with van der Waals surface area (Å²) in [6, 6.07) is 6.59. The van der Waals surface area contributed by atoms with E-state index in [-0.39, 0.29) is 11.4 Å². The van der Waals surface area contributed by atoms with Crippen LogP contribution in [0.15, 0.2) is 65.4 Å². The standard InChI is InChI=1S/C23H24N2O3/c1-2-26-18-7-5-3-4-6-16(12-18)17-8-9-20-19(13-17)23(15-28-21(24)25-23)22(10-11-22)14-27-20/h3-9,12-13H,2,10-11,14-15H2,1H3,(H2,24,25)/b4-3+,5-3?,6-4?,7-5+,16-6+,16-12?,18-7?,18-12+. The van der Waals surface area contributed by atoms with Crippen LogP contribution in [0.25, 0.3) is 5.57 Å². The van der Waals surface area contributed by atoms with Crippen molar-refractivity contribution in [3.63, 3.8) is 0 Å². The zero-order chi connectivity index (χ0) is 19.2. The summed E-state index contributed by atoms with van der Waals surface area (Å²) in [7, 11) is 0. The molecule has 5 rings (SSSR count). The first-order chi connectivity index (χ1) is 13.7. The molecule has 0 amide bonds. The minimum atomic E-state index is -0.439. The van der Waals surface area contributed by atoms with Gasteiger partial charge in [0.25, 0.3) is 6.02 Å². The van der Waals surface area contributed by atoms with Gasteiger partial charge in [0.1, 0.15) is 23.7 Å². The lowest BCUT2D eigenvalue weighted by molar-refractivity contribution is 0.0871. The Kier molecular flexibility index (Phi) is 3.86. The Bertz CT molecular complexity index is 966. The highest BCUT2D eigenvalue weighted by molar-refractivity contribution is 5.79. The highest BCUT2D eigenvalue weighted by Gasteiger charge is 2.66. The molecule has 2 aliphatic heterocycles. The van der Waals surface area contributed by atoms with Crippen LogP contribution in [0.1, 0.15) is 30.9 Å². The molecule has 0 aromatic heterocycles. The summed E-state index contributed by atoms with van der Waals surface area (Å²) in [5.74, 6) is 1.71. The van der Waals surface area contributed by atoms with E-state index < -0.39 is 5.54 Å². The van der Waals surface area contributed by atoms with Gasteiger partial charge in [-0.2, -0.15) is 0 Å². The SMILES string of the molecule is CCOC1=C/C(c2ccc3c(c2)C2(COC(N)=N2)C2(CC2)CO3)=C\C=C\C=C\1. The quantitative estimate of drug-likeness (QED) is 0.871. The predicted molar refractivity (Wildman–Crippen MR) is 109 cm³/mol. The van der Waals surface area contributed by atoms with E-state index >= 15 is 0 Å². The van der Waals surface area contributed by atoms with Gasteiger partial charge in [-0.1, -0.05) is 30.4 Å². The summed E-state index contributed by atoms with van der Waals surface area (Å²) >= 11 is 0. The van der Waals surface area contributed by atoms with Gasteiger partial charge in [0.15, 0.2) is 0 Å². The van der Waals surface area contributed by atoms with Gasteiger partial charge in [-0.15, -0.1) is 0 Å². The molecular formula is C23H24N2O3. The van der Waals surface area contributed by atoms with Gasteiger partial charge in [0.2, 0.25) is 0 Å². The lowest BCUT2D eigenvalue weighted by atomic mass is 9.74. The summed E-state index contributed by atoms with van der Waals surface area (Å²) in [4.78, 5) is 4.81. The van der Waals surface area contributed by atoms with E-state index in [9.17, 15) is 0 Å². The summed E-state index contributed by atoms with van der Waals surface area (Å²) in [6.45, 7) is 3.77.